The van der Waals surface area contributed by atoms with Gasteiger partial charge in [-0.25, -0.2) is 4.98 Å². The summed E-state index contributed by atoms with van der Waals surface area (Å²) in [6, 6.07) is 18.6. The first-order valence-corrected chi connectivity index (χ1v) is 6.23. The Morgan fingerprint density at radius 1 is 0.800 bits per heavy atom. The van der Waals surface area contributed by atoms with Crippen molar-refractivity contribution < 1.29 is 14.5 Å². The molecule has 4 nitrogen and oxygen atoms in total. The average molecular weight is 265 g/mol. The molecule has 0 fully saturated rings. The third-order valence-electron chi connectivity index (χ3n) is 2.96. The molecule has 3 aromatic rings. The van der Waals surface area contributed by atoms with Crippen LogP contribution in [0.3, 0.4) is 0 Å². The third-order valence-corrected chi connectivity index (χ3v) is 2.96. The van der Waals surface area contributed by atoms with Crippen LogP contribution in [-0.4, -0.2) is 22.2 Å². The van der Waals surface area contributed by atoms with Crippen LogP contribution in [0.4, 0.5) is 0 Å². The highest BCUT2D eigenvalue weighted by Crippen LogP contribution is 2.23. The smallest absolute Gasteiger partial charge is 0.444 e. The minimum absolute atomic E-state index is 0.0510. The third kappa shape index (κ3) is 2.36. The van der Waals surface area contributed by atoms with E-state index in [0.717, 1.165) is 11.1 Å². The van der Waals surface area contributed by atoms with E-state index in [9.17, 15) is 10.0 Å². The fourth-order valence-electron chi connectivity index (χ4n) is 2.01. The molecule has 0 radical (unpaired) electrons. The molecular formula is C15H12BNO3. The Kier molecular flexibility index (Phi) is 3.37. The first kappa shape index (κ1) is 12.7. The van der Waals surface area contributed by atoms with E-state index in [0.29, 0.717) is 11.6 Å². The first-order valence-electron chi connectivity index (χ1n) is 6.23. The number of hydrogen-bond donors (Lipinski definition) is 2. The Morgan fingerprint density at radius 2 is 1.35 bits per heavy atom. The minimum atomic E-state index is -1.70. The van der Waals surface area contributed by atoms with Gasteiger partial charge in [0.1, 0.15) is 5.69 Å². The Bertz CT molecular complexity index is 696. The summed E-state index contributed by atoms with van der Waals surface area (Å²) in [5, 5.41) is 18.9. The monoisotopic (exact) mass is 265 g/mol. The lowest BCUT2D eigenvalue weighted by Crippen LogP contribution is -2.30. The van der Waals surface area contributed by atoms with Gasteiger partial charge in [-0.05, 0) is 12.1 Å². The number of oxazole rings is 1. The van der Waals surface area contributed by atoms with Gasteiger partial charge in [-0.1, -0.05) is 48.5 Å². The van der Waals surface area contributed by atoms with Crippen LogP contribution in [0.5, 0.6) is 0 Å². The number of rotatable bonds is 3. The first-order chi connectivity index (χ1) is 9.75. The highest BCUT2D eigenvalue weighted by molar-refractivity contribution is 6.58. The Balaban J connectivity index is 2.13. The molecule has 2 N–H and O–H groups in total. The topological polar surface area (TPSA) is 66.5 Å². The molecule has 0 atom stereocenters. The van der Waals surface area contributed by atoms with E-state index < -0.39 is 7.12 Å². The summed E-state index contributed by atoms with van der Waals surface area (Å²) < 4.78 is 5.51. The van der Waals surface area contributed by atoms with Gasteiger partial charge < -0.3 is 14.5 Å². The highest BCUT2D eigenvalue weighted by Gasteiger charge is 2.25. The maximum Gasteiger partial charge on any atom is 0.528 e. The zero-order valence-corrected chi connectivity index (χ0v) is 10.6. The molecule has 0 aliphatic rings. The molecule has 1 aromatic heterocycles. The van der Waals surface area contributed by atoms with E-state index in [-0.39, 0.29) is 5.66 Å². The van der Waals surface area contributed by atoms with E-state index >= 15 is 0 Å². The molecule has 5 heteroatoms. The minimum Gasteiger partial charge on any atom is -0.444 e. The highest BCUT2D eigenvalue weighted by atomic mass is 16.4. The van der Waals surface area contributed by atoms with Crippen LogP contribution in [0.15, 0.2) is 65.1 Å². The van der Waals surface area contributed by atoms with Crippen molar-refractivity contribution in [3.8, 4) is 22.7 Å². The van der Waals surface area contributed by atoms with Gasteiger partial charge in [-0.15, -0.1) is 0 Å². The predicted octanol–water partition coefficient (Wildman–Crippen LogP) is 1.69. The molecule has 2 aromatic carbocycles. The summed E-state index contributed by atoms with van der Waals surface area (Å²) in [5.74, 6) is 0.368. The predicted molar refractivity (Wildman–Crippen MR) is 77.2 cm³/mol. The molecule has 0 aliphatic carbocycles. The second-order valence-electron chi connectivity index (χ2n) is 4.34. The van der Waals surface area contributed by atoms with Crippen molar-refractivity contribution in [1.29, 1.82) is 0 Å². The molecule has 0 saturated heterocycles. The van der Waals surface area contributed by atoms with Gasteiger partial charge in [0.15, 0.2) is 5.66 Å². The normalized spacial score (nSPS) is 10.5. The summed E-state index contributed by atoms with van der Waals surface area (Å²) in [5.41, 5.74) is 2.06. The van der Waals surface area contributed by atoms with Crippen molar-refractivity contribution in [2.75, 3.05) is 0 Å². The molecule has 0 aliphatic heterocycles. The fraction of sp³-hybridized carbons (Fsp3) is 0. The molecule has 1 heterocycles. The van der Waals surface area contributed by atoms with Crippen LogP contribution in [-0.2, 0) is 0 Å². The van der Waals surface area contributed by atoms with Gasteiger partial charge in [-0.2, -0.15) is 0 Å². The summed E-state index contributed by atoms with van der Waals surface area (Å²) in [7, 11) is -1.70. The van der Waals surface area contributed by atoms with Crippen LogP contribution < -0.4 is 5.66 Å². The SMILES string of the molecule is OB(O)c1oc(-c2ccccc2)nc1-c1ccccc1. The van der Waals surface area contributed by atoms with Gasteiger partial charge >= 0.3 is 7.12 Å². The second-order valence-corrected chi connectivity index (χ2v) is 4.34. The zero-order chi connectivity index (χ0) is 13.9. The average Bonchev–Trinajstić information content (AvgIpc) is 2.94. The maximum atomic E-state index is 9.45. The van der Waals surface area contributed by atoms with E-state index in [1.165, 1.54) is 0 Å². The van der Waals surface area contributed by atoms with Crippen LogP contribution in [0.25, 0.3) is 22.7 Å². The molecule has 20 heavy (non-hydrogen) atoms. The van der Waals surface area contributed by atoms with E-state index in [1.807, 2.05) is 60.7 Å². The van der Waals surface area contributed by atoms with Crippen molar-refractivity contribution in [3.05, 3.63) is 60.7 Å². The Morgan fingerprint density at radius 3 is 1.90 bits per heavy atom. The fourth-order valence-corrected chi connectivity index (χ4v) is 2.01. The van der Waals surface area contributed by atoms with Crippen LogP contribution in [0, 0.1) is 0 Å². The van der Waals surface area contributed by atoms with Crippen molar-refractivity contribution in [3.63, 3.8) is 0 Å². The number of aromatic nitrogens is 1. The molecule has 0 bridgehead atoms. The summed E-state index contributed by atoms with van der Waals surface area (Å²) >= 11 is 0. The molecular weight excluding hydrogens is 253 g/mol. The Labute approximate surface area is 116 Å². The van der Waals surface area contributed by atoms with E-state index in [2.05, 4.69) is 4.98 Å². The lowest BCUT2D eigenvalue weighted by Gasteiger charge is -1.98. The van der Waals surface area contributed by atoms with Gasteiger partial charge in [0.25, 0.3) is 0 Å². The van der Waals surface area contributed by atoms with Crippen LogP contribution >= 0.6 is 0 Å². The molecule has 0 amide bonds. The van der Waals surface area contributed by atoms with Crippen molar-refractivity contribution in [2.24, 2.45) is 0 Å². The van der Waals surface area contributed by atoms with Crippen molar-refractivity contribution in [1.82, 2.24) is 4.98 Å². The number of benzene rings is 2. The Hall–Kier alpha value is -2.37. The standard InChI is InChI=1S/C15H12BNO3/c18-16(19)14-13(11-7-3-1-4-8-11)17-15(20-14)12-9-5-2-6-10-12/h1-10,18-19H. The van der Waals surface area contributed by atoms with Gasteiger partial charge in [-0.3, -0.25) is 0 Å². The van der Waals surface area contributed by atoms with Gasteiger partial charge in [0, 0.05) is 11.1 Å². The summed E-state index contributed by atoms with van der Waals surface area (Å²) in [6.45, 7) is 0. The van der Waals surface area contributed by atoms with E-state index in [4.69, 9.17) is 4.42 Å². The molecule has 3 rings (SSSR count). The number of nitrogens with zero attached hydrogens (tertiary/aromatic N) is 1. The summed E-state index contributed by atoms with van der Waals surface area (Å²) in [4.78, 5) is 4.39. The van der Waals surface area contributed by atoms with Gasteiger partial charge in [0.05, 0.1) is 0 Å². The zero-order valence-electron chi connectivity index (χ0n) is 10.6. The molecule has 0 unspecified atom stereocenters. The number of hydrogen-bond acceptors (Lipinski definition) is 4. The van der Waals surface area contributed by atoms with Crippen LogP contribution in [0.1, 0.15) is 0 Å². The lowest BCUT2D eigenvalue weighted by atomic mass is 9.84. The molecule has 0 spiro atoms. The molecule has 0 saturated carbocycles. The maximum absolute atomic E-state index is 9.45. The second kappa shape index (κ2) is 5.32. The largest absolute Gasteiger partial charge is 0.528 e. The molecule has 98 valence electrons. The lowest BCUT2D eigenvalue weighted by molar-refractivity contribution is 0.411. The van der Waals surface area contributed by atoms with E-state index in [1.54, 1.807) is 0 Å². The quantitative estimate of drug-likeness (QED) is 0.707. The van der Waals surface area contributed by atoms with Gasteiger partial charge in [0.2, 0.25) is 5.89 Å². The van der Waals surface area contributed by atoms with Crippen LogP contribution in [0.2, 0.25) is 0 Å². The van der Waals surface area contributed by atoms with Crippen molar-refractivity contribution >= 4 is 12.8 Å². The summed E-state index contributed by atoms with van der Waals surface area (Å²) in [6.07, 6.45) is 0. The van der Waals surface area contributed by atoms with Crippen molar-refractivity contribution in [2.45, 2.75) is 0 Å².